The molecule has 4 aromatic rings. The van der Waals surface area contributed by atoms with Crippen LogP contribution in [0.25, 0.3) is 17.1 Å². The largest absolute Gasteiger partial charge is 0.382 e. The van der Waals surface area contributed by atoms with E-state index in [-0.39, 0.29) is 0 Å². The van der Waals surface area contributed by atoms with Gasteiger partial charge >= 0.3 is 0 Å². The first-order valence-corrected chi connectivity index (χ1v) is 8.58. The fraction of sp³-hybridized carbons (Fsp3) is 0.222. The molecule has 0 spiro atoms. The van der Waals surface area contributed by atoms with Gasteiger partial charge in [-0.05, 0) is 25.0 Å². The Balaban J connectivity index is 1.63. The minimum Gasteiger partial charge on any atom is -0.382 e. The molecule has 26 heavy (non-hydrogen) atoms. The van der Waals surface area contributed by atoms with Gasteiger partial charge in [0.05, 0.1) is 0 Å². The molecule has 3 N–H and O–H groups in total. The normalized spacial score (nSPS) is 11.1. The molecular formula is C18H20N8. The van der Waals surface area contributed by atoms with E-state index in [1.807, 2.05) is 42.0 Å². The SMILES string of the molecule is CCn1c(-n2cccn2)nc2c(N)nc(NCCc3ccccc3)nc21. The average Bonchev–Trinajstić information content (AvgIpc) is 3.30. The molecule has 0 unspecified atom stereocenters. The molecule has 1 aromatic carbocycles. The maximum Gasteiger partial charge on any atom is 0.233 e. The summed E-state index contributed by atoms with van der Waals surface area (Å²) in [6, 6.07) is 12.1. The van der Waals surface area contributed by atoms with Gasteiger partial charge in [0.15, 0.2) is 17.0 Å². The quantitative estimate of drug-likeness (QED) is 0.554. The Bertz CT molecular complexity index is 1000. The maximum absolute atomic E-state index is 6.13. The smallest absolute Gasteiger partial charge is 0.233 e. The molecule has 0 amide bonds. The number of nitrogens with one attached hydrogen (secondary N) is 1. The summed E-state index contributed by atoms with van der Waals surface area (Å²) in [5.74, 6) is 1.54. The lowest BCUT2D eigenvalue weighted by Gasteiger charge is -2.08. The summed E-state index contributed by atoms with van der Waals surface area (Å²) in [7, 11) is 0. The second-order valence-electron chi connectivity index (χ2n) is 5.87. The second-order valence-corrected chi connectivity index (χ2v) is 5.87. The molecule has 3 heterocycles. The number of aryl methyl sites for hydroxylation is 1. The predicted octanol–water partition coefficient (Wildman–Crippen LogP) is 2.27. The van der Waals surface area contributed by atoms with Crippen LogP contribution in [0.4, 0.5) is 11.8 Å². The van der Waals surface area contributed by atoms with Crippen LogP contribution in [0, 0.1) is 0 Å². The molecule has 8 nitrogen and oxygen atoms in total. The lowest BCUT2D eigenvalue weighted by atomic mass is 10.1. The number of fused-ring (bicyclic) bond motifs is 1. The van der Waals surface area contributed by atoms with Crippen LogP contribution >= 0.6 is 0 Å². The van der Waals surface area contributed by atoms with E-state index in [9.17, 15) is 0 Å². The number of imidazole rings is 1. The van der Waals surface area contributed by atoms with E-state index in [1.165, 1.54) is 5.56 Å². The van der Waals surface area contributed by atoms with E-state index in [0.717, 1.165) is 13.0 Å². The molecular weight excluding hydrogens is 328 g/mol. The summed E-state index contributed by atoms with van der Waals surface area (Å²) in [6.07, 6.45) is 4.44. The molecule has 3 aromatic heterocycles. The Morgan fingerprint density at radius 2 is 1.92 bits per heavy atom. The van der Waals surface area contributed by atoms with Crippen LogP contribution in [0.15, 0.2) is 48.8 Å². The fourth-order valence-corrected chi connectivity index (χ4v) is 2.91. The highest BCUT2D eigenvalue weighted by Gasteiger charge is 2.17. The van der Waals surface area contributed by atoms with Crippen LogP contribution in [0.2, 0.25) is 0 Å². The molecule has 132 valence electrons. The van der Waals surface area contributed by atoms with Crippen molar-refractivity contribution in [1.82, 2.24) is 29.3 Å². The Morgan fingerprint density at radius 1 is 1.08 bits per heavy atom. The number of benzene rings is 1. The summed E-state index contributed by atoms with van der Waals surface area (Å²) in [4.78, 5) is 13.6. The van der Waals surface area contributed by atoms with E-state index in [2.05, 4.69) is 37.5 Å². The van der Waals surface area contributed by atoms with Crippen molar-refractivity contribution in [2.45, 2.75) is 19.9 Å². The van der Waals surface area contributed by atoms with E-state index < -0.39 is 0 Å². The average molecular weight is 348 g/mol. The molecule has 0 aliphatic rings. The zero-order valence-corrected chi connectivity index (χ0v) is 14.5. The van der Waals surface area contributed by atoms with Crippen LogP contribution in [-0.2, 0) is 13.0 Å². The van der Waals surface area contributed by atoms with Crippen LogP contribution in [0.1, 0.15) is 12.5 Å². The monoisotopic (exact) mass is 348 g/mol. The predicted molar refractivity (Wildman–Crippen MR) is 101 cm³/mol. The van der Waals surface area contributed by atoms with Crippen molar-refractivity contribution in [2.75, 3.05) is 17.6 Å². The molecule has 0 atom stereocenters. The van der Waals surface area contributed by atoms with Crippen molar-refractivity contribution in [2.24, 2.45) is 0 Å². The van der Waals surface area contributed by atoms with E-state index in [1.54, 1.807) is 10.9 Å². The lowest BCUT2D eigenvalue weighted by molar-refractivity contribution is 0.697. The van der Waals surface area contributed by atoms with Gasteiger partial charge in [-0.2, -0.15) is 15.1 Å². The first kappa shape index (κ1) is 16.1. The van der Waals surface area contributed by atoms with Crippen molar-refractivity contribution in [1.29, 1.82) is 0 Å². The van der Waals surface area contributed by atoms with Crippen molar-refractivity contribution in [3.63, 3.8) is 0 Å². The van der Waals surface area contributed by atoms with Crippen molar-refractivity contribution >= 4 is 22.9 Å². The molecule has 0 fully saturated rings. The van der Waals surface area contributed by atoms with Gasteiger partial charge in [-0.3, -0.25) is 4.57 Å². The van der Waals surface area contributed by atoms with Crippen molar-refractivity contribution in [3.8, 4) is 5.95 Å². The molecule has 0 radical (unpaired) electrons. The van der Waals surface area contributed by atoms with E-state index in [4.69, 9.17) is 5.73 Å². The van der Waals surface area contributed by atoms with E-state index in [0.29, 0.717) is 35.4 Å². The van der Waals surface area contributed by atoms with Crippen LogP contribution in [0.5, 0.6) is 0 Å². The molecule has 0 saturated heterocycles. The minimum atomic E-state index is 0.359. The maximum atomic E-state index is 6.13. The van der Waals surface area contributed by atoms with Crippen LogP contribution in [-0.4, -0.2) is 35.8 Å². The summed E-state index contributed by atoms with van der Waals surface area (Å²) in [5, 5.41) is 7.51. The number of hydrogen-bond acceptors (Lipinski definition) is 6. The summed E-state index contributed by atoms with van der Waals surface area (Å²) >= 11 is 0. The van der Waals surface area contributed by atoms with Gasteiger partial charge in [-0.15, -0.1) is 0 Å². The zero-order valence-electron chi connectivity index (χ0n) is 14.5. The number of nitrogens with two attached hydrogens (primary N) is 1. The van der Waals surface area contributed by atoms with Gasteiger partial charge in [0.1, 0.15) is 0 Å². The van der Waals surface area contributed by atoms with Crippen LogP contribution in [0.3, 0.4) is 0 Å². The molecule has 0 aliphatic carbocycles. The lowest BCUT2D eigenvalue weighted by Crippen LogP contribution is -2.10. The Morgan fingerprint density at radius 3 is 2.65 bits per heavy atom. The number of rotatable bonds is 6. The Kier molecular flexibility index (Phi) is 4.22. The van der Waals surface area contributed by atoms with E-state index >= 15 is 0 Å². The third-order valence-corrected chi connectivity index (χ3v) is 4.17. The highest BCUT2D eigenvalue weighted by atomic mass is 15.4. The van der Waals surface area contributed by atoms with Gasteiger partial charge in [0, 0.05) is 25.5 Å². The minimum absolute atomic E-state index is 0.359. The summed E-state index contributed by atoms with van der Waals surface area (Å²) in [6.45, 7) is 3.46. The first-order valence-electron chi connectivity index (χ1n) is 8.58. The number of nitrogen functional groups attached to an aromatic ring is 1. The number of nitrogens with zero attached hydrogens (tertiary/aromatic N) is 6. The Hall–Kier alpha value is -3.42. The van der Waals surface area contributed by atoms with Gasteiger partial charge in [0.25, 0.3) is 0 Å². The highest BCUT2D eigenvalue weighted by Crippen LogP contribution is 2.22. The number of aromatic nitrogens is 6. The van der Waals surface area contributed by atoms with Gasteiger partial charge in [0.2, 0.25) is 11.9 Å². The van der Waals surface area contributed by atoms with Gasteiger partial charge in [-0.1, -0.05) is 30.3 Å². The molecule has 0 saturated carbocycles. The molecule has 0 bridgehead atoms. The third kappa shape index (κ3) is 2.97. The topological polar surface area (TPSA) is 99.5 Å². The fourth-order valence-electron chi connectivity index (χ4n) is 2.91. The molecule has 4 rings (SSSR count). The summed E-state index contributed by atoms with van der Waals surface area (Å²) < 4.78 is 3.68. The van der Waals surface area contributed by atoms with Gasteiger partial charge in [-0.25, -0.2) is 9.67 Å². The zero-order chi connectivity index (χ0) is 17.9. The Labute approximate surface area is 150 Å². The van der Waals surface area contributed by atoms with Crippen molar-refractivity contribution < 1.29 is 0 Å². The standard InChI is InChI=1S/C18H20N8/c1-2-25-16-14(22-18(25)26-12-6-10-21-26)15(19)23-17(24-16)20-11-9-13-7-4-3-5-8-13/h3-8,10,12H,2,9,11H2,1H3,(H3,19,20,23,24). The van der Waals surface area contributed by atoms with Crippen molar-refractivity contribution in [3.05, 3.63) is 54.4 Å². The third-order valence-electron chi connectivity index (χ3n) is 4.17. The first-order chi connectivity index (χ1) is 12.8. The summed E-state index contributed by atoms with van der Waals surface area (Å²) in [5.41, 5.74) is 8.68. The van der Waals surface area contributed by atoms with Gasteiger partial charge < -0.3 is 11.1 Å². The number of hydrogen-bond donors (Lipinski definition) is 2. The van der Waals surface area contributed by atoms with Crippen LogP contribution < -0.4 is 11.1 Å². The second kappa shape index (κ2) is 6.83. The number of anilines is 2. The molecule has 0 aliphatic heterocycles. The highest BCUT2D eigenvalue weighted by molar-refractivity contribution is 5.84. The molecule has 8 heteroatoms.